The smallest absolute Gasteiger partial charge is 0.182 e. The van der Waals surface area contributed by atoms with Gasteiger partial charge in [0.15, 0.2) is 6.19 Å². The monoisotopic (exact) mass is 222 g/mol. The van der Waals surface area contributed by atoms with Gasteiger partial charge in [-0.05, 0) is 12.5 Å². The summed E-state index contributed by atoms with van der Waals surface area (Å²) in [5.41, 5.74) is 2.46. The molecular formula is C10H10N2S2. The van der Waals surface area contributed by atoms with E-state index in [0.717, 1.165) is 5.75 Å². The predicted molar refractivity (Wildman–Crippen MR) is 63.8 cm³/mol. The maximum absolute atomic E-state index is 8.31. The van der Waals surface area contributed by atoms with Crippen LogP contribution < -0.4 is 5.32 Å². The molecule has 0 amide bonds. The fourth-order valence-corrected chi connectivity index (χ4v) is 1.75. The van der Waals surface area contributed by atoms with Crippen molar-refractivity contribution in [3.05, 3.63) is 35.4 Å². The number of hydrogen-bond acceptors (Lipinski definition) is 3. The molecule has 1 N–H and O–H groups in total. The Labute approximate surface area is 93.3 Å². The summed E-state index contributed by atoms with van der Waals surface area (Å²) in [6, 6.07) is 8.27. The fourth-order valence-electron chi connectivity index (χ4n) is 0.915. The number of hydrogen-bond donors (Lipinski definition) is 1. The zero-order valence-electron chi connectivity index (χ0n) is 7.78. The molecule has 0 spiro atoms. The van der Waals surface area contributed by atoms with Crippen molar-refractivity contribution in [1.82, 2.24) is 5.32 Å². The first-order chi connectivity index (χ1) is 6.72. The van der Waals surface area contributed by atoms with E-state index in [1.165, 1.54) is 22.9 Å². The minimum atomic E-state index is 0.521. The Morgan fingerprint density at radius 3 is 2.71 bits per heavy atom. The third kappa shape index (κ3) is 3.77. The van der Waals surface area contributed by atoms with E-state index >= 15 is 0 Å². The van der Waals surface area contributed by atoms with Gasteiger partial charge in [0, 0.05) is 5.75 Å². The molecule has 1 rings (SSSR count). The van der Waals surface area contributed by atoms with Crippen LogP contribution in [0.15, 0.2) is 24.3 Å². The van der Waals surface area contributed by atoms with Crippen molar-refractivity contribution in [2.45, 2.75) is 12.7 Å². The summed E-state index contributed by atoms with van der Waals surface area (Å²) in [7, 11) is 0. The van der Waals surface area contributed by atoms with Crippen LogP contribution in [0.5, 0.6) is 0 Å². The molecule has 0 unspecified atom stereocenters. The third-order valence-corrected chi connectivity index (χ3v) is 2.95. The molecule has 0 aliphatic heterocycles. The lowest BCUT2D eigenvalue weighted by atomic mass is 10.2. The summed E-state index contributed by atoms with van der Waals surface area (Å²) < 4.78 is 0.521. The Morgan fingerprint density at radius 1 is 1.50 bits per heavy atom. The van der Waals surface area contributed by atoms with Crippen LogP contribution in [0.2, 0.25) is 0 Å². The Kier molecular flexibility index (Phi) is 4.44. The molecule has 1 aromatic carbocycles. The normalized spacial score (nSPS) is 9.14. The van der Waals surface area contributed by atoms with Crippen molar-refractivity contribution in [1.29, 1.82) is 5.26 Å². The number of nitrogens with zero attached hydrogens (tertiary/aromatic N) is 1. The van der Waals surface area contributed by atoms with E-state index in [1.54, 1.807) is 6.19 Å². The number of aryl methyl sites for hydroxylation is 1. The van der Waals surface area contributed by atoms with Crippen LogP contribution in [0.4, 0.5) is 0 Å². The topological polar surface area (TPSA) is 35.8 Å². The van der Waals surface area contributed by atoms with Gasteiger partial charge in [0.05, 0.1) is 0 Å². The molecule has 4 heteroatoms. The van der Waals surface area contributed by atoms with Crippen LogP contribution in [0.25, 0.3) is 0 Å². The largest absolute Gasteiger partial charge is 0.278 e. The summed E-state index contributed by atoms with van der Waals surface area (Å²) >= 11 is 6.37. The van der Waals surface area contributed by atoms with E-state index in [1.807, 2.05) is 0 Å². The van der Waals surface area contributed by atoms with Crippen LogP contribution in [-0.2, 0) is 5.75 Å². The number of benzene rings is 1. The lowest BCUT2D eigenvalue weighted by Gasteiger charge is -2.01. The minimum absolute atomic E-state index is 0.521. The summed E-state index contributed by atoms with van der Waals surface area (Å²) in [6.45, 7) is 2.05. The Morgan fingerprint density at radius 2 is 2.14 bits per heavy atom. The van der Waals surface area contributed by atoms with E-state index in [0.29, 0.717) is 4.32 Å². The number of nitriles is 1. The standard InChI is InChI=1S/C10H10N2S2/c1-8-2-4-9(5-3-8)6-14-10(13)12-7-11/h2-5H,6H2,1H3,(H,12,13). The molecule has 0 heterocycles. The van der Waals surface area contributed by atoms with Crippen LogP contribution in [0.1, 0.15) is 11.1 Å². The molecule has 0 aromatic heterocycles. The quantitative estimate of drug-likeness (QED) is 0.474. The highest BCUT2D eigenvalue weighted by molar-refractivity contribution is 8.22. The van der Waals surface area contributed by atoms with Crippen LogP contribution in [0.3, 0.4) is 0 Å². The summed E-state index contributed by atoms with van der Waals surface area (Å²) in [5.74, 6) is 0.799. The summed E-state index contributed by atoms with van der Waals surface area (Å²) in [6.07, 6.45) is 1.80. The molecule has 14 heavy (non-hydrogen) atoms. The first-order valence-corrected chi connectivity index (χ1v) is 5.49. The molecule has 72 valence electrons. The van der Waals surface area contributed by atoms with E-state index in [-0.39, 0.29) is 0 Å². The molecule has 0 fully saturated rings. The maximum atomic E-state index is 8.31. The second-order valence-electron chi connectivity index (χ2n) is 2.80. The predicted octanol–water partition coefficient (Wildman–Crippen LogP) is 2.58. The van der Waals surface area contributed by atoms with Crippen molar-refractivity contribution in [3.63, 3.8) is 0 Å². The number of thioether (sulfide) groups is 1. The van der Waals surface area contributed by atoms with Gasteiger partial charge in [-0.1, -0.05) is 53.8 Å². The first kappa shape index (κ1) is 11.0. The number of rotatable bonds is 2. The molecule has 0 saturated carbocycles. The van der Waals surface area contributed by atoms with Crippen molar-refractivity contribution in [2.75, 3.05) is 0 Å². The van der Waals surface area contributed by atoms with Crippen LogP contribution in [0, 0.1) is 18.4 Å². The van der Waals surface area contributed by atoms with Gasteiger partial charge in [-0.15, -0.1) is 0 Å². The highest BCUT2D eigenvalue weighted by atomic mass is 32.2. The van der Waals surface area contributed by atoms with Gasteiger partial charge >= 0.3 is 0 Å². The van der Waals surface area contributed by atoms with Crippen molar-refractivity contribution in [2.24, 2.45) is 0 Å². The Bertz CT molecular complexity index is 351. The number of thiocarbonyl (C=S) groups is 1. The minimum Gasteiger partial charge on any atom is -0.278 e. The molecular weight excluding hydrogens is 212 g/mol. The van der Waals surface area contributed by atoms with Crippen molar-refractivity contribution < 1.29 is 0 Å². The van der Waals surface area contributed by atoms with Crippen LogP contribution in [-0.4, -0.2) is 4.32 Å². The summed E-state index contributed by atoms with van der Waals surface area (Å²) in [4.78, 5) is 0. The Balaban J connectivity index is 2.43. The van der Waals surface area contributed by atoms with E-state index in [4.69, 9.17) is 17.5 Å². The summed E-state index contributed by atoms with van der Waals surface area (Å²) in [5, 5.41) is 10.7. The van der Waals surface area contributed by atoms with Gasteiger partial charge in [-0.3, -0.25) is 5.32 Å². The molecule has 0 saturated heterocycles. The van der Waals surface area contributed by atoms with Gasteiger partial charge < -0.3 is 0 Å². The second kappa shape index (κ2) is 5.63. The molecule has 2 nitrogen and oxygen atoms in total. The van der Waals surface area contributed by atoms with Gasteiger partial charge in [0.2, 0.25) is 0 Å². The SMILES string of the molecule is Cc1ccc(CSC(=S)NC#N)cc1. The molecule has 0 aliphatic carbocycles. The Hall–Kier alpha value is -1.05. The maximum Gasteiger partial charge on any atom is 0.182 e. The van der Waals surface area contributed by atoms with E-state index < -0.39 is 0 Å². The van der Waals surface area contributed by atoms with Crippen molar-refractivity contribution in [3.8, 4) is 6.19 Å². The van der Waals surface area contributed by atoms with E-state index in [2.05, 4.69) is 36.5 Å². The van der Waals surface area contributed by atoms with Gasteiger partial charge in [-0.2, -0.15) is 5.26 Å². The fraction of sp³-hybridized carbons (Fsp3) is 0.200. The average molecular weight is 222 g/mol. The molecule has 0 radical (unpaired) electrons. The molecule has 0 aliphatic rings. The molecule has 1 aromatic rings. The molecule has 0 bridgehead atoms. The third-order valence-electron chi connectivity index (χ3n) is 1.65. The van der Waals surface area contributed by atoms with Crippen LogP contribution >= 0.6 is 24.0 Å². The number of nitrogens with one attached hydrogen (secondary N) is 1. The first-order valence-electron chi connectivity index (χ1n) is 4.10. The van der Waals surface area contributed by atoms with Crippen molar-refractivity contribution >= 4 is 28.3 Å². The zero-order valence-corrected chi connectivity index (χ0v) is 9.41. The zero-order chi connectivity index (χ0) is 10.4. The average Bonchev–Trinajstić information content (AvgIpc) is 2.17. The lowest BCUT2D eigenvalue weighted by molar-refractivity contribution is 1.31. The van der Waals surface area contributed by atoms with Gasteiger partial charge in [0.1, 0.15) is 4.32 Å². The van der Waals surface area contributed by atoms with E-state index in [9.17, 15) is 0 Å². The van der Waals surface area contributed by atoms with Gasteiger partial charge in [0.25, 0.3) is 0 Å². The second-order valence-corrected chi connectivity index (χ2v) is 4.45. The highest BCUT2D eigenvalue weighted by Gasteiger charge is 1.97. The molecule has 0 atom stereocenters. The van der Waals surface area contributed by atoms with Gasteiger partial charge in [-0.25, -0.2) is 0 Å². The lowest BCUT2D eigenvalue weighted by Crippen LogP contribution is -2.10. The highest BCUT2D eigenvalue weighted by Crippen LogP contribution is 2.13.